The molecule has 1 atom stereocenters. The molecule has 188 valence electrons. The molecule has 3 aromatic rings. The van der Waals surface area contributed by atoms with Crippen LogP contribution in [0.2, 0.25) is 5.02 Å². The Hall–Kier alpha value is -3.03. The van der Waals surface area contributed by atoms with Crippen molar-refractivity contribution in [3.05, 3.63) is 93.8 Å². The highest BCUT2D eigenvalue weighted by molar-refractivity contribution is 7.99. The van der Waals surface area contributed by atoms with Crippen LogP contribution in [0.3, 0.4) is 0 Å². The van der Waals surface area contributed by atoms with Crippen LogP contribution >= 0.6 is 23.4 Å². The van der Waals surface area contributed by atoms with Gasteiger partial charge in [-0.15, -0.1) is 11.8 Å². The molecule has 1 aliphatic heterocycles. The summed E-state index contributed by atoms with van der Waals surface area (Å²) in [6.07, 6.45) is 1.19. The highest BCUT2D eigenvalue weighted by Gasteiger charge is 2.38. The van der Waals surface area contributed by atoms with Crippen molar-refractivity contribution in [2.45, 2.75) is 51.4 Å². The molecule has 2 heterocycles. The van der Waals surface area contributed by atoms with Gasteiger partial charge in [-0.3, -0.25) is 14.7 Å². The molecule has 0 fully saturated rings. The highest BCUT2D eigenvalue weighted by atomic mass is 35.5. The zero-order chi connectivity index (χ0) is 25.7. The third-order valence-electron chi connectivity index (χ3n) is 6.05. The van der Waals surface area contributed by atoms with Gasteiger partial charge in [-0.2, -0.15) is 0 Å². The summed E-state index contributed by atoms with van der Waals surface area (Å²) >= 11 is 7.72. The minimum atomic E-state index is -0.405. The second-order valence-corrected chi connectivity index (χ2v) is 10.8. The van der Waals surface area contributed by atoms with Crippen molar-refractivity contribution in [2.75, 3.05) is 5.75 Å². The maximum Gasteiger partial charge on any atom is 0.410 e. The molecule has 0 aliphatic carbocycles. The van der Waals surface area contributed by atoms with Crippen molar-refractivity contribution in [1.29, 1.82) is 0 Å². The molecule has 4 rings (SSSR count). The van der Waals surface area contributed by atoms with E-state index in [1.54, 1.807) is 35.0 Å². The van der Waals surface area contributed by atoms with Gasteiger partial charge in [-0.25, -0.2) is 4.79 Å². The van der Waals surface area contributed by atoms with E-state index in [1.807, 2.05) is 44.2 Å². The number of carbonyl (C=O) groups excluding carboxylic acids is 2. The maximum absolute atomic E-state index is 13.0. The van der Waals surface area contributed by atoms with E-state index in [0.717, 1.165) is 28.1 Å². The predicted octanol–water partition coefficient (Wildman–Crippen LogP) is 6.63. The first kappa shape index (κ1) is 26.0. The van der Waals surface area contributed by atoms with Crippen molar-refractivity contribution in [2.24, 2.45) is 5.92 Å². The molecule has 0 spiro atoms. The quantitative estimate of drug-likeness (QED) is 0.336. The van der Waals surface area contributed by atoms with Gasteiger partial charge in [0.25, 0.3) is 5.91 Å². The summed E-state index contributed by atoms with van der Waals surface area (Å²) in [4.78, 5) is 33.3. The minimum absolute atomic E-state index is 0.135. The summed E-state index contributed by atoms with van der Waals surface area (Å²) in [5, 5.41) is 3.60. The van der Waals surface area contributed by atoms with Crippen LogP contribution in [0.4, 0.5) is 4.79 Å². The van der Waals surface area contributed by atoms with Crippen LogP contribution in [0.15, 0.2) is 65.7 Å². The normalized spacial score (nSPS) is 14.6. The number of amides is 2. The van der Waals surface area contributed by atoms with Gasteiger partial charge < -0.3 is 10.1 Å². The lowest BCUT2D eigenvalue weighted by Crippen LogP contribution is -2.32. The van der Waals surface area contributed by atoms with Crippen molar-refractivity contribution < 1.29 is 14.3 Å². The van der Waals surface area contributed by atoms with Gasteiger partial charge in [0.05, 0.1) is 23.8 Å². The Bertz CT molecular complexity index is 1220. The SMILES string of the molecule is CCSc1ccc(CNC(=O)c2cnc3c(c2)CN(C(=O)OCc2ccc(Cl)cc2)C3C(C)C)cc1. The summed E-state index contributed by atoms with van der Waals surface area (Å²) in [5.74, 6) is 0.967. The van der Waals surface area contributed by atoms with E-state index < -0.39 is 6.09 Å². The van der Waals surface area contributed by atoms with Crippen LogP contribution in [0.1, 0.15) is 59.6 Å². The largest absolute Gasteiger partial charge is 0.445 e. The molecule has 0 radical (unpaired) electrons. The molecule has 1 unspecified atom stereocenters. The van der Waals surface area contributed by atoms with Gasteiger partial charge in [0.15, 0.2) is 0 Å². The monoisotopic (exact) mass is 523 g/mol. The molecule has 8 heteroatoms. The summed E-state index contributed by atoms with van der Waals surface area (Å²) in [6, 6.07) is 17.0. The number of nitrogens with zero attached hydrogens (tertiary/aromatic N) is 2. The Labute approximate surface area is 221 Å². The van der Waals surface area contributed by atoms with Gasteiger partial charge in [0.1, 0.15) is 6.61 Å². The number of carbonyl (C=O) groups is 2. The van der Waals surface area contributed by atoms with E-state index in [2.05, 4.69) is 29.4 Å². The number of nitrogens with one attached hydrogen (secondary N) is 1. The number of hydrogen-bond acceptors (Lipinski definition) is 5. The number of rotatable bonds is 8. The second kappa shape index (κ2) is 11.8. The van der Waals surface area contributed by atoms with Crippen LogP contribution in [0.25, 0.3) is 0 Å². The smallest absolute Gasteiger partial charge is 0.410 e. The number of ether oxygens (including phenoxy) is 1. The van der Waals surface area contributed by atoms with E-state index in [9.17, 15) is 9.59 Å². The summed E-state index contributed by atoms with van der Waals surface area (Å²) in [5.41, 5.74) is 4.05. The van der Waals surface area contributed by atoms with E-state index in [-0.39, 0.29) is 24.5 Å². The molecule has 36 heavy (non-hydrogen) atoms. The molecule has 1 aromatic heterocycles. The Morgan fingerprint density at radius 3 is 2.50 bits per heavy atom. The molecular formula is C28H30ClN3O3S. The lowest BCUT2D eigenvalue weighted by Gasteiger charge is -2.27. The Balaban J connectivity index is 1.41. The molecule has 6 nitrogen and oxygen atoms in total. The van der Waals surface area contributed by atoms with Gasteiger partial charge in [-0.1, -0.05) is 56.6 Å². The lowest BCUT2D eigenvalue weighted by atomic mass is 9.99. The average molecular weight is 524 g/mol. The molecule has 2 aromatic carbocycles. The first-order chi connectivity index (χ1) is 17.4. The van der Waals surface area contributed by atoms with Crippen LogP contribution in [-0.4, -0.2) is 27.6 Å². The summed E-state index contributed by atoms with van der Waals surface area (Å²) in [7, 11) is 0. The van der Waals surface area contributed by atoms with Crippen LogP contribution in [0, 0.1) is 5.92 Å². The number of aromatic nitrogens is 1. The molecule has 0 saturated carbocycles. The van der Waals surface area contributed by atoms with E-state index in [4.69, 9.17) is 16.3 Å². The lowest BCUT2D eigenvalue weighted by molar-refractivity contribution is 0.0736. The first-order valence-electron chi connectivity index (χ1n) is 12.0. The average Bonchev–Trinajstić information content (AvgIpc) is 3.27. The topological polar surface area (TPSA) is 71.5 Å². The van der Waals surface area contributed by atoms with E-state index in [1.165, 1.54) is 4.90 Å². The van der Waals surface area contributed by atoms with Crippen LogP contribution in [-0.2, 0) is 24.4 Å². The van der Waals surface area contributed by atoms with Crippen molar-refractivity contribution >= 4 is 35.4 Å². The third-order valence-corrected chi connectivity index (χ3v) is 7.20. The van der Waals surface area contributed by atoms with Gasteiger partial charge >= 0.3 is 6.09 Å². The van der Waals surface area contributed by atoms with E-state index >= 15 is 0 Å². The predicted molar refractivity (Wildman–Crippen MR) is 143 cm³/mol. The summed E-state index contributed by atoms with van der Waals surface area (Å²) in [6.45, 7) is 7.16. The molecule has 2 amide bonds. The van der Waals surface area contributed by atoms with Crippen molar-refractivity contribution in [1.82, 2.24) is 15.2 Å². The van der Waals surface area contributed by atoms with Gasteiger partial charge in [0.2, 0.25) is 0 Å². The van der Waals surface area contributed by atoms with Gasteiger partial charge in [0, 0.05) is 22.7 Å². The number of fused-ring (bicyclic) bond motifs is 1. The van der Waals surface area contributed by atoms with Crippen LogP contribution < -0.4 is 5.32 Å². The standard InChI is InChI=1S/C28H30ClN3O3S/c1-4-36-24-11-7-19(8-12-24)14-31-27(33)21-13-22-16-32(26(18(2)3)25(22)30-15-21)28(34)35-17-20-5-9-23(29)10-6-20/h5-13,15,18,26H,4,14,16-17H2,1-3H3,(H,31,33). The number of benzene rings is 2. The minimum Gasteiger partial charge on any atom is -0.445 e. The molecule has 0 bridgehead atoms. The zero-order valence-corrected chi connectivity index (χ0v) is 22.2. The highest BCUT2D eigenvalue weighted by Crippen LogP contribution is 2.38. The number of pyridine rings is 1. The fraction of sp³-hybridized carbons (Fsp3) is 0.321. The van der Waals surface area contributed by atoms with Crippen molar-refractivity contribution in [3.63, 3.8) is 0 Å². The Morgan fingerprint density at radius 1 is 1.14 bits per heavy atom. The van der Waals surface area contributed by atoms with Gasteiger partial charge in [-0.05, 0) is 58.7 Å². The number of hydrogen-bond donors (Lipinski definition) is 1. The van der Waals surface area contributed by atoms with E-state index in [0.29, 0.717) is 23.7 Å². The number of halogens is 1. The van der Waals surface area contributed by atoms with Crippen molar-refractivity contribution in [3.8, 4) is 0 Å². The second-order valence-electron chi connectivity index (χ2n) is 9.03. The zero-order valence-electron chi connectivity index (χ0n) is 20.7. The Kier molecular flexibility index (Phi) is 8.54. The molecule has 1 N–H and O–H groups in total. The third kappa shape index (κ3) is 6.20. The fourth-order valence-corrected chi connectivity index (χ4v) is 5.07. The molecule has 0 saturated heterocycles. The van der Waals surface area contributed by atoms with Crippen LogP contribution in [0.5, 0.6) is 0 Å². The molecule has 1 aliphatic rings. The number of thioether (sulfide) groups is 1. The summed E-state index contributed by atoms with van der Waals surface area (Å²) < 4.78 is 5.59. The Morgan fingerprint density at radius 2 is 1.83 bits per heavy atom. The first-order valence-corrected chi connectivity index (χ1v) is 13.4. The maximum atomic E-state index is 13.0. The fourth-order valence-electron chi connectivity index (χ4n) is 4.28. The molecular weight excluding hydrogens is 494 g/mol.